The fourth-order valence-electron chi connectivity index (χ4n) is 2.82. The average molecular weight is 263 g/mol. The molecule has 0 heterocycles. The van der Waals surface area contributed by atoms with E-state index in [1.54, 1.807) is 0 Å². The predicted octanol–water partition coefficient (Wildman–Crippen LogP) is 3.63. The maximum Gasteiger partial charge on any atom is 0.121 e. The van der Waals surface area contributed by atoms with E-state index < -0.39 is 0 Å². The lowest BCUT2D eigenvalue weighted by atomic mass is 9.85. The van der Waals surface area contributed by atoms with Gasteiger partial charge in [0.1, 0.15) is 12.4 Å². The van der Waals surface area contributed by atoms with E-state index in [9.17, 15) is 0 Å². The summed E-state index contributed by atoms with van der Waals surface area (Å²) < 4.78 is 11.6. The molecule has 106 valence electrons. The monoisotopic (exact) mass is 263 g/mol. The molecule has 1 saturated carbocycles. The third kappa shape index (κ3) is 4.43. The van der Waals surface area contributed by atoms with Crippen molar-refractivity contribution in [3.8, 4) is 5.75 Å². The van der Waals surface area contributed by atoms with Crippen molar-refractivity contribution in [2.24, 2.45) is 5.92 Å². The molecule has 2 rings (SSSR count). The fraction of sp³-hybridized carbons (Fsp3) is 0.625. The topological polar surface area (TPSA) is 44.5 Å². The highest BCUT2D eigenvalue weighted by atomic mass is 16.5. The van der Waals surface area contributed by atoms with E-state index >= 15 is 0 Å². The second-order valence-corrected chi connectivity index (χ2v) is 5.28. The van der Waals surface area contributed by atoms with Crippen LogP contribution in [0, 0.1) is 5.92 Å². The lowest BCUT2D eigenvalue weighted by Crippen LogP contribution is -2.28. The van der Waals surface area contributed by atoms with Gasteiger partial charge in [-0.3, -0.25) is 0 Å². The van der Waals surface area contributed by atoms with Crippen molar-refractivity contribution in [3.63, 3.8) is 0 Å². The minimum Gasteiger partial charge on any atom is -0.491 e. The van der Waals surface area contributed by atoms with Crippen LogP contribution in [0.2, 0.25) is 0 Å². The van der Waals surface area contributed by atoms with Gasteiger partial charge in [-0.15, -0.1) is 0 Å². The maximum atomic E-state index is 5.98. The second-order valence-electron chi connectivity index (χ2n) is 5.28. The van der Waals surface area contributed by atoms with Gasteiger partial charge >= 0.3 is 0 Å². The van der Waals surface area contributed by atoms with Crippen molar-refractivity contribution in [1.82, 2.24) is 0 Å². The van der Waals surface area contributed by atoms with Crippen LogP contribution in [0.3, 0.4) is 0 Å². The number of nitrogen functional groups attached to an aromatic ring is 1. The second kappa shape index (κ2) is 7.39. The molecule has 0 aliphatic heterocycles. The Morgan fingerprint density at radius 2 is 2.05 bits per heavy atom. The molecule has 3 nitrogen and oxygen atoms in total. The summed E-state index contributed by atoms with van der Waals surface area (Å²) in [7, 11) is 0. The van der Waals surface area contributed by atoms with Crippen molar-refractivity contribution >= 4 is 5.69 Å². The Labute approximate surface area is 116 Å². The lowest BCUT2D eigenvalue weighted by Gasteiger charge is -2.30. The third-order valence-corrected chi connectivity index (χ3v) is 3.91. The van der Waals surface area contributed by atoms with Crippen LogP contribution >= 0.6 is 0 Å². The zero-order valence-electron chi connectivity index (χ0n) is 11.8. The maximum absolute atomic E-state index is 5.98. The van der Waals surface area contributed by atoms with Crippen LogP contribution in [0.4, 0.5) is 5.69 Å². The van der Waals surface area contributed by atoms with Gasteiger partial charge in [0.15, 0.2) is 0 Å². The van der Waals surface area contributed by atoms with Gasteiger partial charge in [-0.25, -0.2) is 0 Å². The van der Waals surface area contributed by atoms with Crippen LogP contribution < -0.4 is 10.5 Å². The van der Waals surface area contributed by atoms with Crippen LogP contribution in [-0.2, 0) is 4.74 Å². The van der Waals surface area contributed by atoms with Crippen molar-refractivity contribution < 1.29 is 9.47 Å². The van der Waals surface area contributed by atoms with Crippen molar-refractivity contribution in [2.75, 3.05) is 18.9 Å². The molecule has 0 radical (unpaired) electrons. The van der Waals surface area contributed by atoms with Crippen molar-refractivity contribution in [2.45, 2.75) is 45.1 Å². The molecule has 0 bridgehead atoms. The first-order chi connectivity index (χ1) is 9.29. The van der Waals surface area contributed by atoms with Crippen LogP contribution in [0.5, 0.6) is 5.75 Å². The summed E-state index contributed by atoms with van der Waals surface area (Å²) in [4.78, 5) is 0. The molecule has 1 aliphatic carbocycles. The van der Waals surface area contributed by atoms with Gasteiger partial charge in [-0.2, -0.15) is 0 Å². The van der Waals surface area contributed by atoms with E-state index in [-0.39, 0.29) is 0 Å². The standard InChI is InChI=1S/C16H25NO2/c1-2-13-6-3-4-9-16(13)19-11-10-18-15-8-5-7-14(17)12-15/h5,7-8,12-13,16H,2-4,6,9-11,17H2,1H3. The Kier molecular flexibility index (Phi) is 5.52. The number of anilines is 1. The van der Waals surface area contributed by atoms with E-state index in [0.29, 0.717) is 19.3 Å². The summed E-state index contributed by atoms with van der Waals surface area (Å²) in [6, 6.07) is 7.53. The molecule has 2 N–H and O–H groups in total. The number of ether oxygens (including phenoxy) is 2. The van der Waals surface area contributed by atoms with E-state index in [0.717, 1.165) is 17.4 Å². The summed E-state index contributed by atoms with van der Waals surface area (Å²) in [5, 5.41) is 0. The Hall–Kier alpha value is -1.22. The molecule has 0 amide bonds. The zero-order valence-corrected chi connectivity index (χ0v) is 11.8. The minimum atomic E-state index is 0.434. The summed E-state index contributed by atoms with van der Waals surface area (Å²) >= 11 is 0. The summed E-state index contributed by atoms with van der Waals surface area (Å²) in [6.45, 7) is 3.52. The molecular weight excluding hydrogens is 238 g/mol. The molecule has 2 atom stereocenters. The largest absolute Gasteiger partial charge is 0.491 e. The van der Waals surface area contributed by atoms with Crippen LogP contribution in [0.15, 0.2) is 24.3 Å². The molecule has 1 aliphatic rings. The van der Waals surface area contributed by atoms with E-state index in [1.165, 1.54) is 32.1 Å². The first-order valence-corrected chi connectivity index (χ1v) is 7.39. The SMILES string of the molecule is CCC1CCCCC1OCCOc1cccc(N)c1. The van der Waals surface area contributed by atoms with Crippen LogP contribution in [-0.4, -0.2) is 19.3 Å². The van der Waals surface area contributed by atoms with Crippen LogP contribution in [0.25, 0.3) is 0 Å². The third-order valence-electron chi connectivity index (χ3n) is 3.91. The first kappa shape index (κ1) is 14.2. The molecule has 1 aromatic rings. The van der Waals surface area contributed by atoms with E-state index in [1.807, 2.05) is 24.3 Å². The van der Waals surface area contributed by atoms with Gasteiger partial charge in [0.05, 0.1) is 12.7 Å². The molecular formula is C16H25NO2. The number of benzene rings is 1. The Morgan fingerprint density at radius 1 is 1.21 bits per heavy atom. The van der Waals surface area contributed by atoms with E-state index in [2.05, 4.69) is 6.92 Å². The summed E-state index contributed by atoms with van der Waals surface area (Å²) in [6.07, 6.45) is 6.84. The van der Waals surface area contributed by atoms with E-state index in [4.69, 9.17) is 15.2 Å². The molecule has 1 aromatic carbocycles. The van der Waals surface area contributed by atoms with Gasteiger partial charge < -0.3 is 15.2 Å². The Bertz CT molecular complexity index is 381. The number of nitrogens with two attached hydrogens (primary N) is 1. The van der Waals surface area contributed by atoms with Crippen molar-refractivity contribution in [1.29, 1.82) is 0 Å². The average Bonchev–Trinajstić information content (AvgIpc) is 2.44. The van der Waals surface area contributed by atoms with Gasteiger partial charge in [0.25, 0.3) is 0 Å². The molecule has 19 heavy (non-hydrogen) atoms. The minimum absolute atomic E-state index is 0.434. The molecule has 0 saturated heterocycles. The smallest absolute Gasteiger partial charge is 0.121 e. The summed E-state index contributed by atoms with van der Waals surface area (Å²) in [5.74, 6) is 1.56. The Balaban J connectivity index is 1.68. The molecule has 2 unspecified atom stereocenters. The first-order valence-electron chi connectivity index (χ1n) is 7.39. The van der Waals surface area contributed by atoms with Gasteiger partial charge in [-0.05, 0) is 30.9 Å². The van der Waals surface area contributed by atoms with Crippen LogP contribution in [0.1, 0.15) is 39.0 Å². The van der Waals surface area contributed by atoms with Gasteiger partial charge in [0.2, 0.25) is 0 Å². The fourth-order valence-corrected chi connectivity index (χ4v) is 2.82. The highest BCUT2D eigenvalue weighted by molar-refractivity contribution is 5.43. The molecule has 1 fully saturated rings. The molecule has 0 spiro atoms. The zero-order chi connectivity index (χ0) is 13.5. The number of rotatable bonds is 6. The quantitative estimate of drug-likeness (QED) is 0.629. The number of hydrogen-bond acceptors (Lipinski definition) is 3. The predicted molar refractivity (Wildman–Crippen MR) is 78.3 cm³/mol. The van der Waals surface area contributed by atoms with Gasteiger partial charge in [-0.1, -0.05) is 32.3 Å². The normalized spacial score (nSPS) is 23.2. The van der Waals surface area contributed by atoms with Crippen molar-refractivity contribution in [3.05, 3.63) is 24.3 Å². The number of hydrogen-bond donors (Lipinski definition) is 1. The highest BCUT2D eigenvalue weighted by Crippen LogP contribution is 2.29. The lowest BCUT2D eigenvalue weighted by molar-refractivity contribution is -0.0228. The molecule has 3 heteroatoms. The Morgan fingerprint density at radius 3 is 2.84 bits per heavy atom. The highest BCUT2D eigenvalue weighted by Gasteiger charge is 2.23. The molecule has 0 aromatic heterocycles. The summed E-state index contributed by atoms with van der Waals surface area (Å²) in [5.41, 5.74) is 6.44. The van der Waals surface area contributed by atoms with Gasteiger partial charge in [0, 0.05) is 11.8 Å².